The zero-order valence-corrected chi connectivity index (χ0v) is 26.3. The molecule has 2 aliphatic rings. The fourth-order valence-electron chi connectivity index (χ4n) is 4.70. The minimum atomic E-state index is -5.82. The molecule has 0 aromatic heterocycles. The quantitative estimate of drug-likeness (QED) is 0.193. The number of hydrogen-bond donors (Lipinski definition) is 1. The number of alkyl halides is 3. The van der Waals surface area contributed by atoms with Crippen molar-refractivity contribution >= 4 is 53.9 Å². The zero-order valence-electron chi connectivity index (χ0n) is 22.3. The Morgan fingerprint density at radius 2 is 1.22 bits per heavy atom. The third-order valence-corrected chi connectivity index (χ3v) is 9.35. The zero-order chi connectivity index (χ0) is 30.5. The number of benzene rings is 2. The molecule has 0 radical (unpaired) electrons. The van der Waals surface area contributed by atoms with Gasteiger partial charge in [0.1, 0.15) is 11.5 Å². The van der Waals surface area contributed by atoms with E-state index in [9.17, 15) is 36.3 Å². The largest absolute Gasteiger partial charge is 0.534 e. The summed E-state index contributed by atoms with van der Waals surface area (Å²) < 4.78 is 75.8. The van der Waals surface area contributed by atoms with E-state index in [-0.39, 0.29) is 23.9 Å². The van der Waals surface area contributed by atoms with Crippen molar-refractivity contribution in [1.82, 2.24) is 0 Å². The number of hydrogen-bond acceptors (Lipinski definition) is 8. The highest BCUT2D eigenvalue weighted by Gasteiger charge is 2.49. The van der Waals surface area contributed by atoms with Gasteiger partial charge in [-0.05, 0) is 126 Å². The van der Waals surface area contributed by atoms with E-state index in [1.807, 2.05) is 0 Å². The van der Waals surface area contributed by atoms with Gasteiger partial charge < -0.3 is 18.8 Å². The number of phenols is 1. The second-order valence-electron chi connectivity index (χ2n) is 9.25. The van der Waals surface area contributed by atoms with Gasteiger partial charge in [0.2, 0.25) is 0 Å². The van der Waals surface area contributed by atoms with Crippen LogP contribution in [0.25, 0.3) is 0 Å². The summed E-state index contributed by atoms with van der Waals surface area (Å²) in [5.74, 6) is -1.42. The monoisotopic (exact) mass is 728 g/mol. The first-order valence-electron chi connectivity index (χ1n) is 13.0. The van der Waals surface area contributed by atoms with E-state index in [2.05, 4.69) is 36.0 Å². The standard InChI is InChI=1S/C14H14BrF3O5S.C13H15BrO3/c1-2-22-13(19)10-7-11(23-24(20,21)14(16,17)18)8-5-3-4-6-9(8)12(10)15;1-2-17-13(16)10-7-11(15)8-5-3-4-6-9(8)12(10)14/h7H,2-6H2,1H3;7,15H,2-6H2,1H3. The van der Waals surface area contributed by atoms with E-state index in [1.54, 1.807) is 13.8 Å². The van der Waals surface area contributed by atoms with Crippen LogP contribution >= 0.6 is 31.9 Å². The smallest absolute Gasteiger partial charge is 0.508 e. The summed E-state index contributed by atoms with van der Waals surface area (Å²) in [7, 11) is -5.82. The summed E-state index contributed by atoms with van der Waals surface area (Å²) in [6.07, 6.45) is 6.26. The van der Waals surface area contributed by atoms with Crippen molar-refractivity contribution in [2.45, 2.75) is 70.7 Å². The average molecular weight is 730 g/mol. The summed E-state index contributed by atoms with van der Waals surface area (Å²) in [4.78, 5) is 23.7. The minimum absolute atomic E-state index is 0.0649. The molecule has 0 saturated heterocycles. The third-order valence-electron chi connectivity index (χ3n) is 6.58. The number of ether oxygens (including phenoxy) is 2. The predicted molar refractivity (Wildman–Crippen MR) is 151 cm³/mol. The molecule has 0 aliphatic heterocycles. The molecule has 8 nitrogen and oxygen atoms in total. The van der Waals surface area contributed by atoms with E-state index in [1.165, 1.54) is 6.07 Å². The minimum Gasteiger partial charge on any atom is -0.508 e. The molecule has 14 heteroatoms. The molecule has 1 N–H and O–H groups in total. The summed E-state index contributed by atoms with van der Waals surface area (Å²) in [6.45, 7) is 3.75. The van der Waals surface area contributed by atoms with Gasteiger partial charge in [0, 0.05) is 14.5 Å². The predicted octanol–water partition coefficient (Wildman–Crippen LogP) is 6.94. The molecular weight excluding hydrogens is 701 g/mol. The summed E-state index contributed by atoms with van der Waals surface area (Å²) >= 11 is 6.72. The van der Waals surface area contributed by atoms with Crippen molar-refractivity contribution in [3.63, 3.8) is 0 Å². The lowest BCUT2D eigenvalue weighted by Crippen LogP contribution is -2.29. The van der Waals surface area contributed by atoms with Crippen LogP contribution < -0.4 is 4.18 Å². The number of carbonyl (C=O) groups excluding carboxylic acids is 2. The van der Waals surface area contributed by atoms with Crippen LogP contribution in [0.1, 0.15) is 82.5 Å². The Morgan fingerprint density at radius 3 is 1.68 bits per heavy atom. The number of fused-ring (bicyclic) bond motifs is 2. The van der Waals surface area contributed by atoms with Gasteiger partial charge in [-0.15, -0.1) is 0 Å². The molecule has 0 bridgehead atoms. The maximum absolute atomic E-state index is 12.6. The van der Waals surface area contributed by atoms with Crippen molar-refractivity contribution in [1.29, 1.82) is 0 Å². The summed E-state index contributed by atoms with van der Waals surface area (Å²) in [5.41, 5.74) is -2.25. The molecule has 2 aromatic carbocycles. The Bertz CT molecular complexity index is 1430. The summed E-state index contributed by atoms with van der Waals surface area (Å²) in [6, 6.07) is 2.49. The number of aromatic hydroxyl groups is 1. The van der Waals surface area contributed by atoms with Crippen molar-refractivity contribution in [3.8, 4) is 11.5 Å². The van der Waals surface area contributed by atoms with Gasteiger partial charge in [-0.3, -0.25) is 0 Å². The fraction of sp³-hybridized carbons (Fsp3) is 0.481. The maximum Gasteiger partial charge on any atom is 0.534 e. The molecule has 2 aromatic rings. The first-order chi connectivity index (χ1) is 19.2. The molecule has 0 fully saturated rings. The normalized spacial score (nSPS) is 14.6. The fourth-order valence-corrected chi connectivity index (χ4v) is 6.61. The van der Waals surface area contributed by atoms with E-state index >= 15 is 0 Å². The van der Waals surface area contributed by atoms with Crippen LogP contribution in [-0.2, 0) is 45.3 Å². The van der Waals surface area contributed by atoms with Crippen LogP contribution in [0.5, 0.6) is 11.5 Å². The molecule has 0 heterocycles. The number of rotatable bonds is 6. The average Bonchev–Trinajstić information content (AvgIpc) is 2.92. The Hall–Kier alpha value is -2.32. The van der Waals surface area contributed by atoms with Crippen LogP contribution in [0, 0.1) is 0 Å². The van der Waals surface area contributed by atoms with Gasteiger partial charge in [-0.25, -0.2) is 9.59 Å². The molecule has 0 saturated carbocycles. The molecule has 0 spiro atoms. The third kappa shape index (κ3) is 7.56. The van der Waals surface area contributed by atoms with Crippen LogP contribution in [-0.4, -0.2) is 44.2 Å². The lowest BCUT2D eigenvalue weighted by Gasteiger charge is -2.22. The lowest BCUT2D eigenvalue weighted by atomic mass is 9.89. The number of carbonyl (C=O) groups is 2. The number of esters is 2. The Balaban J connectivity index is 0.000000239. The highest BCUT2D eigenvalue weighted by Crippen LogP contribution is 2.40. The van der Waals surface area contributed by atoms with Crippen LogP contribution in [0.3, 0.4) is 0 Å². The van der Waals surface area contributed by atoms with Gasteiger partial charge in [-0.2, -0.15) is 21.6 Å². The topological polar surface area (TPSA) is 116 Å². The van der Waals surface area contributed by atoms with Crippen molar-refractivity contribution < 1.29 is 49.9 Å². The molecule has 226 valence electrons. The van der Waals surface area contributed by atoms with Gasteiger partial charge in [0.05, 0.1) is 24.3 Å². The molecule has 0 amide bonds. The van der Waals surface area contributed by atoms with Crippen molar-refractivity contribution in [2.24, 2.45) is 0 Å². The van der Waals surface area contributed by atoms with Crippen LogP contribution in [0.2, 0.25) is 0 Å². The van der Waals surface area contributed by atoms with Gasteiger partial charge in [-0.1, -0.05) is 0 Å². The summed E-state index contributed by atoms with van der Waals surface area (Å²) in [5, 5.41) is 9.95. The molecule has 41 heavy (non-hydrogen) atoms. The molecule has 2 aliphatic carbocycles. The van der Waals surface area contributed by atoms with E-state index < -0.39 is 27.3 Å². The van der Waals surface area contributed by atoms with Crippen LogP contribution in [0.4, 0.5) is 13.2 Å². The van der Waals surface area contributed by atoms with Gasteiger partial charge in [0.25, 0.3) is 0 Å². The number of phenolic OH excluding ortho intramolecular Hbond substituents is 1. The lowest BCUT2D eigenvalue weighted by molar-refractivity contribution is -0.0500. The first kappa shape index (κ1) is 33.2. The Kier molecular flexibility index (Phi) is 11.1. The highest BCUT2D eigenvalue weighted by molar-refractivity contribution is 9.11. The van der Waals surface area contributed by atoms with E-state index in [4.69, 9.17) is 9.47 Å². The van der Waals surface area contributed by atoms with Crippen molar-refractivity contribution in [2.75, 3.05) is 13.2 Å². The maximum atomic E-state index is 12.6. The number of halogens is 5. The Morgan fingerprint density at radius 1 is 0.805 bits per heavy atom. The second-order valence-corrected chi connectivity index (χ2v) is 12.4. The highest BCUT2D eigenvalue weighted by atomic mass is 79.9. The molecular formula is C27H29Br2F3O8S. The van der Waals surface area contributed by atoms with E-state index in [0.29, 0.717) is 47.0 Å². The molecule has 0 unspecified atom stereocenters. The van der Waals surface area contributed by atoms with Crippen molar-refractivity contribution in [3.05, 3.63) is 54.5 Å². The first-order valence-corrected chi connectivity index (χ1v) is 15.9. The SMILES string of the molecule is CCOC(=O)c1cc(O)c2c(c1Br)CCCC2.CCOC(=O)c1cc(OS(=O)(=O)C(F)(F)F)c2c(c1Br)CCCC2. The molecule has 0 atom stereocenters. The Labute approximate surface area is 252 Å². The van der Waals surface area contributed by atoms with Gasteiger partial charge in [0.15, 0.2) is 0 Å². The van der Waals surface area contributed by atoms with Gasteiger partial charge >= 0.3 is 27.6 Å². The van der Waals surface area contributed by atoms with E-state index in [0.717, 1.165) is 53.8 Å². The molecule has 4 rings (SSSR count). The van der Waals surface area contributed by atoms with Crippen LogP contribution in [0.15, 0.2) is 21.1 Å². The second kappa shape index (κ2) is 13.8.